The van der Waals surface area contributed by atoms with Crippen molar-refractivity contribution in [3.63, 3.8) is 0 Å². The quantitative estimate of drug-likeness (QED) is 0.732. The van der Waals surface area contributed by atoms with Gasteiger partial charge < -0.3 is 0 Å². The molecule has 3 nitrogen and oxygen atoms in total. The van der Waals surface area contributed by atoms with Crippen LogP contribution in [0.4, 0.5) is 0 Å². The van der Waals surface area contributed by atoms with E-state index in [-0.39, 0.29) is 5.41 Å². The van der Waals surface area contributed by atoms with Crippen LogP contribution < -0.4 is 0 Å². The van der Waals surface area contributed by atoms with E-state index in [4.69, 9.17) is 0 Å². The van der Waals surface area contributed by atoms with Crippen molar-refractivity contribution in [1.29, 1.82) is 0 Å². The average molecular weight is 215 g/mol. The highest BCUT2D eigenvalue weighted by Crippen LogP contribution is 2.26. The van der Waals surface area contributed by atoms with Gasteiger partial charge in [-0.1, -0.05) is 20.8 Å². The average Bonchev–Trinajstić information content (AvgIpc) is 2.69. The molecule has 0 spiro atoms. The zero-order valence-electron chi connectivity index (χ0n) is 10.2. The third kappa shape index (κ3) is 1.98. The molecule has 0 saturated heterocycles. The van der Waals surface area contributed by atoms with Crippen LogP contribution in [-0.4, -0.2) is 14.8 Å². The number of pyridine rings is 1. The van der Waals surface area contributed by atoms with E-state index in [0.29, 0.717) is 0 Å². The molecule has 0 unspecified atom stereocenters. The molecule has 0 aliphatic carbocycles. The largest absolute Gasteiger partial charge is 0.255 e. The van der Waals surface area contributed by atoms with Crippen molar-refractivity contribution in [2.75, 3.05) is 0 Å². The second-order valence-electron chi connectivity index (χ2n) is 5.02. The maximum atomic E-state index is 4.64. The van der Waals surface area contributed by atoms with Crippen LogP contribution in [0.25, 0.3) is 5.69 Å². The van der Waals surface area contributed by atoms with Crippen LogP contribution in [0.1, 0.15) is 32.2 Å². The van der Waals surface area contributed by atoms with Gasteiger partial charge in [-0.15, -0.1) is 0 Å². The van der Waals surface area contributed by atoms with E-state index >= 15 is 0 Å². The summed E-state index contributed by atoms with van der Waals surface area (Å²) in [6.07, 6.45) is 3.73. The van der Waals surface area contributed by atoms with Crippen molar-refractivity contribution in [1.82, 2.24) is 14.8 Å². The van der Waals surface area contributed by atoms with E-state index in [1.54, 1.807) is 6.20 Å². The Morgan fingerprint density at radius 2 is 1.94 bits per heavy atom. The highest BCUT2D eigenvalue weighted by atomic mass is 15.3. The van der Waals surface area contributed by atoms with Crippen LogP contribution in [0.5, 0.6) is 0 Å². The summed E-state index contributed by atoms with van der Waals surface area (Å²) >= 11 is 0. The fraction of sp³-hybridized carbons (Fsp3) is 0.385. The van der Waals surface area contributed by atoms with E-state index in [0.717, 1.165) is 17.1 Å². The Bertz CT molecular complexity index is 478. The molecule has 2 aromatic rings. The summed E-state index contributed by atoms with van der Waals surface area (Å²) in [4.78, 5) is 4.64. The second kappa shape index (κ2) is 3.74. The second-order valence-corrected chi connectivity index (χ2v) is 5.02. The molecule has 0 fully saturated rings. The van der Waals surface area contributed by atoms with Crippen molar-refractivity contribution in [3.8, 4) is 5.69 Å². The number of aryl methyl sites for hydroxylation is 1. The minimum Gasteiger partial charge on any atom is -0.255 e. The van der Waals surface area contributed by atoms with Crippen molar-refractivity contribution < 1.29 is 0 Å². The lowest BCUT2D eigenvalue weighted by molar-refractivity contribution is 0.560. The molecule has 0 radical (unpaired) electrons. The van der Waals surface area contributed by atoms with Crippen LogP contribution in [0, 0.1) is 6.92 Å². The van der Waals surface area contributed by atoms with Crippen molar-refractivity contribution in [2.24, 2.45) is 0 Å². The summed E-state index contributed by atoms with van der Waals surface area (Å²) in [5.74, 6) is 0. The molecule has 3 heteroatoms. The first kappa shape index (κ1) is 10.9. The third-order valence-electron chi connectivity index (χ3n) is 2.47. The monoisotopic (exact) mass is 215 g/mol. The van der Waals surface area contributed by atoms with Crippen LogP contribution in [-0.2, 0) is 5.41 Å². The summed E-state index contributed by atoms with van der Waals surface area (Å²) in [6.45, 7) is 8.52. The highest BCUT2D eigenvalue weighted by Gasteiger charge is 2.20. The van der Waals surface area contributed by atoms with Crippen LogP contribution in [0.3, 0.4) is 0 Å². The van der Waals surface area contributed by atoms with Crippen molar-refractivity contribution >= 4 is 0 Å². The van der Waals surface area contributed by atoms with Gasteiger partial charge in [-0.05, 0) is 25.1 Å². The molecular weight excluding hydrogens is 198 g/mol. The van der Waals surface area contributed by atoms with Crippen LogP contribution >= 0.6 is 0 Å². The summed E-state index contributed by atoms with van der Waals surface area (Å²) in [5, 5.41) is 4.27. The summed E-state index contributed by atoms with van der Waals surface area (Å²) in [6, 6.07) is 6.02. The molecular formula is C13H17N3. The van der Waals surface area contributed by atoms with Gasteiger partial charge in [0.2, 0.25) is 0 Å². The maximum Gasteiger partial charge on any atom is 0.0866 e. The molecule has 2 aromatic heterocycles. The summed E-state index contributed by atoms with van der Waals surface area (Å²) in [7, 11) is 0. The molecule has 16 heavy (non-hydrogen) atoms. The minimum absolute atomic E-state index is 0.0211. The molecule has 0 aliphatic rings. The zero-order chi connectivity index (χ0) is 11.8. The highest BCUT2D eigenvalue weighted by molar-refractivity contribution is 5.40. The molecule has 0 bridgehead atoms. The molecule has 84 valence electrons. The molecule has 0 saturated carbocycles. The van der Waals surface area contributed by atoms with Gasteiger partial charge >= 0.3 is 0 Å². The summed E-state index contributed by atoms with van der Waals surface area (Å²) in [5.41, 5.74) is 3.20. The standard InChI is InChI=1S/C13H17N3/c1-10-6-7-11(16-9-5-8-14-16)12(15-10)13(2,3)4/h5-9H,1-4H3. The predicted molar refractivity (Wildman–Crippen MR) is 64.8 cm³/mol. The van der Waals surface area contributed by atoms with Crippen LogP contribution in [0.2, 0.25) is 0 Å². The van der Waals surface area contributed by atoms with Gasteiger partial charge in [-0.25, -0.2) is 4.68 Å². The Kier molecular flexibility index (Phi) is 2.54. The molecule has 0 aromatic carbocycles. The SMILES string of the molecule is Cc1ccc(-n2cccn2)c(C(C)(C)C)n1. The molecule has 2 heterocycles. The Labute approximate surface area is 96.1 Å². The minimum atomic E-state index is 0.0211. The van der Waals surface area contributed by atoms with E-state index in [1.807, 2.05) is 29.9 Å². The van der Waals surface area contributed by atoms with Gasteiger partial charge in [0.1, 0.15) is 0 Å². The van der Waals surface area contributed by atoms with E-state index < -0.39 is 0 Å². The zero-order valence-corrected chi connectivity index (χ0v) is 10.2. The lowest BCUT2D eigenvalue weighted by Crippen LogP contribution is -2.18. The van der Waals surface area contributed by atoms with Gasteiger partial charge in [0, 0.05) is 23.5 Å². The van der Waals surface area contributed by atoms with Crippen molar-refractivity contribution in [3.05, 3.63) is 42.0 Å². The van der Waals surface area contributed by atoms with Gasteiger partial charge in [-0.2, -0.15) is 5.10 Å². The van der Waals surface area contributed by atoms with Crippen LogP contribution in [0.15, 0.2) is 30.6 Å². The molecule has 2 rings (SSSR count). The first-order valence-corrected chi connectivity index (χ1v) is 5.46. The molecule has 0 N–H and O–H groups in total. The van der Waals surface area contributed by atoms with E-state index in [1.165, 1.54) is 0 Å². The van der Waals surface area contributed by atoms with Gasteiger partial charge in [0.05, 0.1) is 11.4 Å². The maximum absolute atomic E-state index is 4.64. The number of nitrogens with zero attached hydrogens (tertiary/aromatic N) is 3. The molecule has 0 atom stereocenters. The normalized spacial score (nSPS) is 11.8. The lowest BCUT2D eigenvalue weighted by atomic mass is 9.90. The third-order valence-corrected chi connectivity index (χ3v) is 2.47. The number of hydrogen-bond donors (Lipinski definition) is 0. The van der Waals surface area contributed by atoms with Gasteiger partial charge in [0.15, 0.2) is 0 Å². The van der Waals surface area contributed by atoms with E-state index in [9.17, 15) is 0 Å². The Hall–Kier alpha value is -1.64. The first-order valence-electron chi connectivity index (χ1n) is 5.46. The fourth-order valence-corrected chi connectivity index (χ4v) is 1.70. The topological polar surface area (TPSA) is 30.7 Å². The smallest absolute Gasteiger partial charge is 0.0866 e. The predicted octanol–water partition coefficient (Wildman–Crippen LogP) is 2.87. The van der Waals surface area contributed by atoms with Crippen molar-refractivity contribution in [2.45, 2.75) is 33.1 Å². The fourth-order valence-electron chi connectivity index (χ4n) is 1.70. The summed E-state index contributed by atoms with van der Waals surface area (Å²) < 4.78 is 1.87. The number of hydrogen-bond acceptors (Lipinski definition) is 2. The van der Waals surface area contributed by atoms with Gasteiger partial charge in [-0.3, -0.25) is 4.98 Å². The number of rotatable bonds is 1. The first-order chi connectivity index (χ1) is 7.48. The number of aromatic nitrogens is 3. The Balaban J connectivity index is 2.62. The van der Waals surface area contributed by atoms with E-state index in [2.05, 4.69) is 36.9 Å². The lowest BCUT2D eigenvalue weighted by Gasteiger charge is -2.21. The Morgan fingerprint density at radius 1 is 1.19 bits per heavy atom. The molecule has 0 aliphatic heterocycles. The molecule has 0 amide bonds. The van der Waals surface area contributed by atoms with Gasteiger partial charge in [0.25, 0.3) is 0 Å². The Morgan fingerprint density at radius 3 is 2.50 bits per heavy atom.